The van der Waals surface area contributed by atoms with E-state index >= 15 is 0 Å². The van der Waals surface area contributed by atoms with Crippen molar-refractivity contribution in [1.29, 1.82) is 0 Å². The van der Waals surface area contributed by atoms with Gasteiger partial charge in [0.25, 0.3) is 0 Å². The molecule has 0 spiro atoms. The average molecular weight is 1630 g/mol. The first kappa shape index (κ1) is 94.7. The number of carbonyl (C=O) groups is 2. The third-order valence-electron chi connectivity index (χ3n) is 11.6. The maximum atomic E-state index is 14.5. The molecule has 0 bridgehead atoms. The second kappa shape index (κ2) is 23.1. The van der Waals surface area contributed by atoms with Crippen LogP contribution in [-0.4, -0.2) is 200 Å². The molecule has 0 radical (unpaired) electrons. The summed E-state index contributed by atoms with van der Waals surface area (Å²) in [6, 6.07) is 0. The predicted octanol–water partition coefficient (Wildman–Crippen LogP) is 19.1. The number of carboxylic acid groups (broad SMARTS) is 2. The summed E-state index contributed by atoms with van der Waals surface area (Å²) in [7, 11) is 0. The number of carboxylic acids is 2. The van der Waals surface area contributed by atoms with E-state index in [0.29, 0.717) is 0 Å². The van der Waals surface area contributed by atoms with Crippen LogP contribution < -0.4 is 0 Å². The molecular formula is C32H2F62O4. The van der Waals surface area contributed by atoms with Crippen LogP contribution in [0.15, 0.2) is 0 Å². The minimum atomic E-state index is -10.1. The molecule has 2 unspecified atom stereocenters. The molecule has 98 heavy (non-hydrogen) atoms. The Morgan fingerprint density at radius 3 is 0.245 bits per heavy atom. The summed E-state index contributed by atoms with van der Waals surface area (Å²) < 4.78 is 822. The van der Waals surface area contributed by atoms with Crippen LogP contribution in [0.4, 0.5) is 272 Å². The normalized spacial score (nSPS) is 18.0. The van der Waals surface area contributed by atoms with Gasteiger partial charge in [0.2, 0.25) is 0 Å². The van der Waals surface area contributed by atoms with Gasteiger partial charge in [0, 0.05) is 0 Å². The Labute approximate surface area is 483 Å². The number of rotatable bonds is 26. The van der Waals surface area contributed by atoms with Gasteiger partial charge in [-0.1, -0.05) is 0 Å². The molecule has 0 heterocycles. The first-order chi connectivity index (χ1) is 40.9. The van der Waals surface area contributed by atoms with Gasteiger partial charge in [-0.05, 0) is 0 Å². The highest BCUT2D eigenvalue weighted by Gasteiger charge is 3.05. The Kier molecular flexibility index (Phi) is 22.3. The minimum Gasteiger partial charge on any atom is -0.479 e. The molecule has 0 fully saturated rings. The summed E-state index contributed by atoms with van der Waals surface area (Å²) in [5.41, 5.74) is -19.3. The highest BCUT2D eigenvalue weighted by Crippen LogP contribution is 2.73. The zero-order valence-electron chi connectivity index (χ0n) is 41.1. The maximum Gasteiger partial charge on any atom is 0.460 e. The molecule has 2 N–H and O–H groups in total. The Morgan fingerprint density at radius 2 is 0.184 bits per heavy atom. The van der Waals surface area contributed by atoms with Crippen molar-refractivity contribution in [3.63, 3.8) is 0 Å². The minimum absolute atomic E-state index is 6.00. The Balaban J connectivity index is 0. The average Bonchev–Trinajstić information content (AvgIpc) is 3.35. The smallest absolute Gasteiger partial charge is 0.460 e. The third kappa shape index (κ3) is 10.9. The lowest BCUT2D eigenvalue weighted by Crippen LogP contribution is -2.81. The number of aliphatic carboxylic acids is 2. The molecular weight excluding hydrogens is 1630 g/mol. The lowest BCUT2D eigenvalue weighted by Gasteiger charge is -2.47. The maximum absolute atomic E-state index is 14.5. The van der Waals surface area contributed by atoms with Crippen LogP contribution in [0.5, 0.6) is 0 Å². The lowest BCUT2D eigenvalue weighted by atomic mass is 9.77. The Morgan fingerprint density at radius 1 is 0.122 bits per heavy atom. The van der Waals surface area contributed by atoms with Gasteiger partial charge in [-0.25, -0.2) is 18.4 Å². The molecule has 0 aromatic rings. The van der Waals surface area contributed by atoms with E-state index in [1.165, 1.54) is 0 Å². The van der Waals surface area contributed by atoms with Crippen molar-refractivity contribution in [2.45, 2.75) is 178 Å². The van der Waals surface area contributed by atoms with Crippen LogP contribution >= 0.6 is 0 Å². The van der Waals surface area contributed by atoms with Gasteiger partial charge in [-0.3, -0.25) is 0 Å². The number of alkyl halides is 62. The van der Waals surface area contributed by atoms with E-state index in [1.807, 2.05) is 0 Å². The molecule has 0 aliphatic carbocycles. The van der Waals surface area contributed by atoms with Gasteiger partial charge in [0.1, 0.15) is 0 Å². The van der Waals surface area contributed by atoms with Crippen LogP contribution in [0.1, 0.15) is 0 Å². The molecule has 0 aromatic carbocycles. The summed E-state index contributed by atoms with van der Waals surface area (Å²) in [5, 5.41) is 16.1. The summed E-state index contributed by atoms with van der Waals surface area (Å²) in [4.78, 5) is 21.3. The summed E-state index contributed by atoms with van der Waals surface area (Å²) in [6.45, 7) is 0. The van der Waals surface area contributed by atoms with E-state index in [9.17, 15) is 282 Å². The van der Waals surface area contributed by atoms with Gasteiger partial charge in [0.05, 0.1) is 0 Å². The molecule has 0 aliphatic heterocycles. The van der Waals surface area contributed by atoms with Crippen molar-refractivity contribution in [1.82, 2.24) is 0 Å². The fraction of sp³-hybridized carbons (Fsp3) is 0.938. The summed E-state index contributed by atoms with van der Waals surface area (Å²) >= 11 is 0. The summed E-state index contributed by atoms with van der Waals surface area (Å²) in [6.07, 6.45) is -33.5. The van der Waals surface area contributed by atoms with Crippen molar-refractivity contribution in [3.8, 4) is 0 Å². The van der Waals surface area contributed by atoms with Gasteiger partial charge >= 0.3 is 190 Å². The zero-order chi connectivity index (χ0) is 82.2. The highest BCUT2D eigenvalue weighted by molar-refractivity contribution is 5.82. The fourth-order valence-electron chi connectivity index (χ4n) is 5.66. The molecule has 0 aromatic heterocycles. The molecule has 0 amide bonds. The van der Waals surface area contributed by atoms with Gasteiger partial charge in [-0.15, -0.1) is 0 Å². The SMILES string of the molecule is O=C(O)C(F)(C(F)(F)C(F)(F)C(F)(F)C(F)(F)C(F)(F)C(F)(F)F)C(F)(F)C(F)(F)C(F)(F)C(F)(F)C(F)(F)C(F)(F)C(F)(F)C(F)(F)F.O=C(O)C(F)(C(F)(F)C(F)(F)C(F)(F)C(F)(F)C(F)(F)C(F)(F)F)C(F)(F)C(F)(F)C(F)(F)C(F)(F)C(F)(F)C(F)(F)C(F)(F)C(F)(F)F. The molecule has 0 aliphatic rings. The molecule has 0 saturated heterocycles. The third-order valence-corrected chi connectivity index (χ3v) is 11.6. The van der Waals surface area contributed by atoms with Crippen molar-refractivity contribution >= 4 is 11.9 Å². The van der Waals surface area contributed by atoms with E-state index in [1.54, 1.807) is 0 Å². The van der Waals surface area contributed by atoms with Crippen molar-refractivity contribution in [2.75, 3.05) is 0 Å². The highest BCUT2D eigenvalue weighted by atomic mass is 19.5. The van der Waals surface area contributed by atoms with Crippen LogP contribution in [0, 0.1) is 0 Å². The summed E-state index contributed by atoms with van der Waals surface area (Å²) in [5.74, 6) is -244. The van der Waals surface area contributed by atoms with Gasteiger partial charge < -0.3 is 10.2 Å². The van der Waals surface area contributed by atoms with E-state index < -0.39 is 190 Å². The molecule has 66 heteroatoms. The quantitative estimate of drug-likeness (QED) is 0.0847. The molecule has 0 rings (SSSR count). The largest absolute Gasteiger partial charge is 0.479 e. The van der Waals surface area contributed by atoms with E-state index in [-0.39, 0.29) is 0 Å². The second-order valence-corrected chi connectivity index (χ2v) is 17.7. The van der Waals surface area contributed by atoms with E-state index in [4.69, 9.17) is 10.2 Å². The standard InChI is InChI=1S/2C16HF31O2/c2*17-2(1(48)49,4(20,21)6(24,25)8(28,29)11(34,35)13(38,39)15(42,43)44)3(18,19)5(22,23)7(26,27)9(30,31)10(32,33)12(36,37)14(40,41)16(45,46)47/h2*(H,48,49). The van der Waals surface area contributed by atoms with Crippen LogP contribution in [-0.2, 0) is 9.59 Å². The Hall–Kier alpha value is -5.40. The number of hydrogen-bond acceptors (Lipinski definition) is 2. The van der Waals surface area contributed by atoms with Crippen molar-refractivity contribution in [3.05, 3.63) is 0 Å². The first-order valence-electron chi connectivity index (χ1n) is 20.1. The fourth-order valence-corrected chi connectivity index (χ4v) is 5.66. The van der Waals surface area contributed by atoms with E-state index in [2.05, 4.69) is 0 Å². The number of hydrogen-bond donors (Lipinski definition) is 2. The monoisotopic (exact) mass is 1630 g/mol. The van der Waals surface area contributed by atoms with Crippen LogP contribution in [0.25, 0.3) is 0 Å². The molecule has 0 saturated carbocycles. The molecule has 588 valence electrons. The van der Waals surface area contributed by atoms with Gasteiger partial charge in [-0.2, -0.15) is 263 Å². The van der Waals surface area contributed by atoms with Crippen LogP contribution in [0.2, 0.25) is 0 Å². The first-order valence-corrected chi connectivity index (χ1v) is 20.1. The van der Waals surface area contributed by atoms with E-state index in [0.717, 1.165) is 0 Å². The van der Waals surface area contributed by atoms with Crippen molar-refractivity contribution in [2.24, 2.45) is 0 Å². The van der Waals surface area contributed by atoms with Crippen molar-refractivity contribution < 1.29 is 292 Å². The predicted molar refractivity (Wildman–Crippen MR) is 166 cm³/mol. The topological polar surface area (TPSA) is 74.6 Å². The van der Waals surface area contributed by atoms with Crippen LogP contribution in [0.3, 0.4) is 0 Å². The number of halogens is 62. The lowest BCUT2D eigenvalue weighted by molar-refractivity contribution is -0.476. The molecule has 2 atom stereocenters. The van der Waals surface area contributed by atoms with Gasteiger partial charge in [0.15, 0.2) is 0 Å². The zero-order valence-corrected chi connectivity index (χ0v) is 41.1. The Bertz CT molecular complexity index is 2690. The second-order valence-electron chi connectivity index (χ2n) is 17.7. The molecule has 4 nitrogen and oxygen atoms in total.